The quantitative estimate of drug-likeness (QED) is 0.171. The van der Waals surface area contributed by atoms with Gasteiger partial charge in [-0.15, -0.1) is 0 Å². The summed E-state index contributed by atoms with van der Waals surface area (Å²) >= 11 is 0. The Kier molecular flexibility index (Phi) is 5.57. The maximum Gasteiger partial charge on any atom is 0.164 e. The first-order valence-corrected chi connectivity index (χ1v) is 18.0. The van der Waals surface area contributed by atoms with Crippen LogP contribution in [-0.2, 0) is 0 Å². The molecule has 0 radical (unpaired) electrons. The fraction of sp³-hybridized carbons (Fsp3) is 0. The molecule has 0 atom stereocenters. The lowest BCUT2D eigenvalue weighted by Crippen LogP contribution is -2.00. The number of hydrogen-bond acceptors (Lipinski definition) is 4. The maximum atomic E-state index is 9.18. The normalized spacial score (nSPS) is 13.8. The van der Waals surface area contributed by atoms with E-state index in [0.29, 0.717) is 34.1 Å². The van der Waals surface area contributed by atoms with E-state index in [0.717, 1.165) is 49.8 Å². The van der Waals surface area contributed by atoms with Gasteiger partial charge in [0.2, 0.25) is 0 Å². The summed E-state index contributed by atoms with van der Waals surface area (Å²) in [5, 5.41) is 2.35. The summed E-state index contributed by atoms with van der Waals surface area (Å²) < 4.78 is 86.3. The highest BCUT2D eigenvalue weighted by Gasteiger charge is 2.19. The summed E-state index contributed by atoms with van der Waals surface area (Å²) in [6, 6.07) is 40.1. The Bertz CT molecular complexity index is 3760. The van der Waals surface area contributed by atoms with Gasteiger partial charge in [0.1, 0.15) is 11.2 Å². The average Bonchev–Trinajstić information content (AvgIpc) is 3.91. The fourth-order valence-electron chi connectivity index (χ4n) is 7.59. The van der Waals surface area contributed by atoms with Gasteiger partial charge in [-0.05, 0) is 64.7 Å². The Morgan fingerprint density at radius 2 is 1.05 bits per heavy atom. The van der Waals surface area contributed by atoms with Gasteiger partial charge in [-0.2, -0.15) is 0 Å². The number of aromatic nitrogens is 4. The molecular formula is C51H32N4O. The molecule has 0 saturated heterocycles. The molecule has 0 bridgehead atoms. The van der Waals surface area contributed by atoms with Crippen molar-refractivity contribution in [3.63, 3.8) is 0 Å². The lowest BCUT2D eigenvalue weighted by molar-refractivity contribution is 0.669. The number of benzene rings is 8. The minimum absolute atomic E-state index is 0.0645. The number of para-hydroxylation sites is 2. The largest absolute Gasteiger partial charge is 0.456 e. The Morgan fingerprint density at radius 1 is 0.411 bits per heavy atom. The molecule has 0 N–H and O–H groups in total. The van der Waals surface area contributed by atoms with E-state index < -0.39 is 42.3 Å². The van der Waals surface area contributed by atoms with Crippen LogP contribution >= 0.6 is 0 Å². The minimum Gasteiger partial charge on any atom is -0.456 e. The molecule has 0 unspecified atom stereocenters. The van der Waals surface area contributed by atoms with Crippen molar-refractivity contribution in [3.05, 3.63) is 194 Å². The first-order valence-electron chi connectivity index (χ1n) is 22.5. The Balaban J connectivity index is 1.10. The molecule has 0 fully saturated rings. The summed E-state index contributed by atoms with van der Waals surface area (Å²) in [7, 11) is 0. The molecule has 5 nitrogen and oxygen atoms in total. The fourth-order valence-corrected chi connectivity index (χ4v) is 7.59. The summed E-state index contributed by atoms with van der Waals surface area (Å²) in [4.78, 5) is 15.1. The first-order chi connectivity index (χ1) is 31.5. The smallest absolute Gasteiger partial charge is 0.164 e. The molecule has 56 heavy (non-hydrogen) atoms. The van der Waals surface area contributed by atoms with Crippen molar-refractivity contribution in [3.8, 4) is 62.1 Å². The van der Waals surface area contributed by atoms with Gasteiger partial charge >= 0.3 is 0 Å². The Labute approximate surface area is 335 Å². The number of nitrogens with zero attached hydrogens (tertiary/aromatic N) is 4. The molecule has 0 aliphatic rings. The minimum atomic E-state index is -0.533. The van der Waals surface area contributed by atoms with Crippen molar-refractivity contribution in [1.82, 2.24) is 19.5 Å². The van der Waals surface area contributed by atoms with Gasteiger partial charge in [-0.1, -0.05) is 151 Å². The third-order valence-corrected chi connectivity index (χ3v) is 10.1. The van der Waals surface area contributed by atoms with E-state index in [9.17, 15) is 1.37 Å². The second-order valence-electron chi connectivity index (χ2n) is 13.3. The zero-order valence-electron chi connectivity index (χ0n) is 38.5. The van der Waals surface area contributed by atoms with Crippen molar-refractivity contribution in [1.29, 1.82) is 0 Å². The highest BCUT2D eigenvalue weighted by atomic mass is 16.3. The molecule has 0 spiro atoms. The van der Waals surface area contributed by atoms with Crippen molar-refractivity contribution < 1.29 is 16.8 Å². The van der Waals surface area contributed by atoms with Gasteiger partial charge in [0, 0.05) is 43.9 Å². The molecule has 3 aromatic heterocycles. The van der Waals surface area contributed by atoms with Gasteiger partial charge in [0.25, 0.3) is 0 Å². The molecule has 8 aromatic carbocycles. The van der Waals surface area contributed by atoms with Crippen molar-refractivity contribution in [2.24, 2.45) is 0 Å². The van der Waals surface area contributed by atoms with Crippen LogP contribution in [0.3, 0.4) is 0 Å². The molecule has 11 aromatic rings. The van der Waals surface area contributed by atoms with Crippen molar-refractivity contribution in [2.75, 3.05) is 0 Å². The van der Waals surface area contributed by atoms with Gasteiger partial charge in [0.05, 0.1) is 23.4 Å². The molecule has 0 aliphatic heterocycles. The van der Waals surface area contributed by atoms with Crippen LogP contribution in [0.25, 0.3) is 106 Å². The SMILES string of the molecule is [2H]c1c([2H])c([2H])c(-c2cccc3c2c2c([2H])c([2H])c([2H])c([2H])c2n3-c2cccc(-c3cccc(-c4nc(-c5ccccc5)nc(-c5cccc6oc7ccccc7c56)n4)c3)c2)c([2H])c1[2H]. The molecule has 0 saturated carbocycles. The Hall–Kier alpha value is -7.63. The molecule has 0 aliphatic carbocycles. The van der Waals surface area contributed by atoms with E-state index >= 15 is 0 Å². The molecular weight excluding hydrogens is 685 g/mol. The molecule has 3 heterocycles. The van der Waals surface area contributed by atoms with Gasteiger partial charge in [-0.3, -0.25) is 0 Å². The third kappa shape index (κ3) is 5.29. The third-order valence-electron chi connectivity index (χ3n) is 10.1. The first kappa shape index (κ1) is 23.9. The zero-order chi connectivity index (χ0) is 44.8. The van der Waals surface area contributed by atoms with Crippen molar-refractivity contribution in [2.45, 2.75) is 0 Å². The van der Waals surface area contributed by atoms with E-state index in [1.54, 1.807) is 22.8 Å². The highest BCUT2D eigenvalue weighted by molar-refractivity contribution is 6.16. The lowest BCUT2D eigenvalue weighted by Gasteiger charge is -2.12. The highest BCUT2D eigenvalue weighted by Crippen LogP contribution is 2.40. The van der Waals surface area contributed by atoms with Crippen LogP contribution in [0, 0.1) is 0 Å². The van der Waals surface area contributed by atoms with E-state index in [-0.39, 0.29) is 34.1 Å². The second-order valence-corrected chi connectivity index (χ2v) is 13.3. The van der Waals surface area contributed by atoms with Crippen LogP contribution in [0.15, 0.2) is 198 Å². The average molecular weight is 726 g/mol. The number of fused-ring (bicyclic) bond motifs is 6. The van der Waals surface area contributed by atoms with Crippen LogP contribution in [0.4, 0.5) is 0 Å². The molecule has 5 heteroatoms. The monoisotopic (exact) mass is 725 g/mol. The molecule has 11 rings (SSSR count). The van der Waals surface area contributed by atoms with E-state index in [1.807, 2.05) is 121 Å². The Morgan fingerprint density at radius 3 is 1.95 bits per heavy atom. The van der Waals surface area contributed by atoms with Crippen LogP contribution in [0.2, 0.25) is 0 Å². The zero-order valence-corrected chi connectivity index (χ0v) is 29.5. The predicted molar refractivity (Wildman–Crippen MR) is 229 cm³/mol. The summed E-state index contributed by atoms with van der Waals surface area (Å²) in [5.41, 5.74) is 6.85. The summed E-state index contributed by atoms with van der Waals surface area (Å²) in [6.45, 7) is 0. The van der Waals surface area contributed by atoms with Gasteiger partial charge < -0.3 is 8.98 Å². The van der Waals surface area contributed by atoms with Crippen LogP contribution < -0.4 is 0 Å². The number of rotatable bonds is 6. The van der Waals surface area contributed by atoms with E-state index in [1.165, 1.54) is 0 Å². The van der Waals surface area contributed by atoms with Gasteiger partial charge in [0.15, 0.2) is 17.5 Å². The summed E-state index contributed by atoms with van der Waals surface area (Å²) in [5.74, 6) is 1.44. The molecule has 0 amide bonds. The summed E-state index contributed by atoms with van der Waals surface area (Å²) in [6.07, 6.45) is 0. The van der Waals surface area contributed by atoms with Gasteiger partial charge in [-0.25, -0.2) is 15.0 Å². The number of furan rings is 1. The lowest BCUT2D eigenvalue weighted by atomic mass is 9.99. The van der Waals surface area contributed by atoms with Crippen LogP contribution in [-0.4, -0.2) is 19.5 Å². The second kappa shape index (κ2) is 13.0. The van der Waals surface area contributed by atoms with E-state index in [4.69, 9.17) is 30.3 Å². The predicted octanol–water partition coefficient (Wildman–Crippen LogP) is 13.2. The maximum absolute atomic E-state index is 9.18. The van der Waals surface area contributed by atoms with E-state index in [2.05, 4.69) is 0 Å². The van der Waals surface area contributed by atoms with Crippen molar-refractivity contribution >= 4 is 43.7 Å². The standard InChI is InChI=1S/C51H32N4O/c1-3-15-33(16-4-1)39-25-13-28-44-47(39)40-23-7-9-27-43(40)55(44)38-22-12-20-36(32-38)35-19-11-21-37(31-35)50-52-49(34-17-5-2-6-18-34)53-51(54-50)42-26-14-30-46-48(42)41-24-8-10-29-45(41)56-46/h1-32H/i1D,3D,4D,7D,9D,15D,16D,23D,27D. The number of hydrogen-bond donors (Lipinski definition) is 0. The van der Waals surface area contributed by atoms with Crippen LogP contribution in [0.5, 0.6) is 0 Å². The molecule has 262 valence electrons. The van der Waals surface area contributed by atoms with Crippen LogP contribution in [0.1, 0.15) is 12.3 Å². The topological polar surface area (TPSA) is 56.7 Å².